The molecule has 0 radical (unpaired) electrons. The van der Waals surface area contributed by atoms with Crippen molar-refractivity contribution in [2.75, 3.05) is 13.7 Å². The molecule has 2 aromatic heterocycles. The molecule has 0 N–H and O–H groups in total. The molecule has 0 bridgehead atoms. The van der Waals surface area contributed by atoms with E-state index < -0.39 is 15.4 Å². The highest BCUT2D eigenvalue weighted by Gasteiger charge is 2.48. The van der Waals surface area contributed by atoms with Gasteiger partial charge in [0.1, 0.15) is 16.8 Å². The maximum absolute atomic E-state index is 12.4. The highest BCUT2D eigenvalue weighted by molar-refractivity contribution is 7.93. The summed E-state index contributed by atoms with van der Waals surface area (Å²) in [4.78, 5) is 11.6. The van der Waals surface area contributed by atoms with E-state index in [-0.39, 0.29) is 23.2 Å². The molecule has 9 nitrogen and oxygen atoms in total. The predicted molar refractivity (Wildman–Crippen MR) is 112 cm³/mol. The average Bonchev–Trinajstić information content (AvgIpc) is 3.49. The predicted octanol–water partition coefficient (Wildman–Crippen LogP) is 3.94. The molecule has 0 amide bonds. The molecule has 30 heavy (non-hydrogen) atoms. The Balaban J connectivity index is 1.66. The van der Waals surface area contributed by atoms with Crippen LogP contribution in [-0.4, -0.2) is 48.7 Å². The molecule has 2 aromatic rings. The van der Waals surface area contributed by atoms with Crippen molar-refractivity contribution >= 4 is 32.2 Å². The van der Waals surface area contributed by atoms with Crippen LogP contribution in [0, 0.1) is 0 Å². The number of hydrogen-bond donors (Lipinski definition) is 0. The Labute approximate surface area is 179 Å². The number of halogens is 1. The van der Waals surface area contributed by atoms with Gasteiger partial charge in [-0.15, -0.1) is 0 Å². The normalized spacial score (nSPS) is 23.3. The lowest BCUT2D eigenvalue weighted by Gasteiger charge is -2.35. The first-order valence-electron chi connectivity index (χ1n) is 9.68. The lowest BCUT2D eigenvalue weighted by Crippen LogP contribution is -2.44. The highest BCUT2D eigenvalue weighted by Crippen LogP contribution is 2.41. The first-order valence-corrected chi connectivity index (χ1v) is 11.7. The van der Waals surface area contributed by atoms with E-state index in [4.69, 9.17) is 26.6 Å². The van der Waals surface area contributed by atoms with Crippen molar-refractivity contribution in [1.82, 2.24) is 9.97 Å². The molecule has 2 aliphatic carbocycles. The third-order valence-corrected chi connectivity index (χ3v) is 8.59. The lowest BCUT2D eigenvalue weighted by molar-refractivity contribution is 0.116. The first-order chi connectivity index (χ1) is 14.3. The van der Waals surface area contributed by atoms with Crippen LogP contribution in [0.1, 0.15) is 38.3 Å². The molecule has 2 heterocycles. The molecule has 0 saturated heterocycles. The van der Waals surface area contributed by atoms with Crippen LogP contribution in [0.2, 0.25) is 5.15 Å². The Kier molecular flexibility index (Phi) is 5.52. The third kappa shape index (κ3) is 3.92. The number of fused-ring (bicyclic) bond motifs is 1. The number of aromatic nitrogens is 2. The second kappa shape index (κ2) is 7.85. The van der Waals surface area contributed by atoms with Crippen molar-refractivity contribution in [2.24, 2.45) is 5.11 Å². The van der Waals surface area contributed by atoms with E-state index in [2.05, 4.69) is 20.0 Å². The number of rotatable bonds is 8. The van der Waals surface area contributed by atoms with Gasteiger partial charge in [-0.3, -0.25) is 0 Å². The summed E-state index contributed by atoms with van der Waals surface area (Å²) >= 11 is 6.06. The number of ether oxygens (including phenoxy) is 2. The number of pyridine rings is 2. The molecule has 4 rings (SSSR count). The minimum absolute atomic E-state index is 0.124. The summed E-state index contributed by atoms with van der Waals surface area (Å²) < 4.78 is 36.1. The van der Waals surface area contributed by atoms with E-state index in [1.807, 2.05) is 0 Å². The van der Waals surface area contributed by atoms with Crippen LogP contribution in [0.4, 0.5) is 0 Å². The van der Waals surface area contributed by atoms with Crippen molar-refractivity contribution in [3.63, 3.8) is 0 Å². The van der Waals surface area contributed by atoms with Crippen LogP contribution in [0.3, 0.4) is 0 Å². The Morgan fingerprint density at radius 1 is 1.33 bits per heavy atom. The van der Waals surface area contributed by atoms with E-state index in [1.54, 1.807) is 25.3 Å². The van der Waals surface area contributed by atoms with Gasteiger partial charge in [0, 0.05) is 31.1 Å². The molecule has 11 heteroatoms. The average molecular weight is 452 g/mol. The van der Waals surface area contributed by atoms with Gasteiger partial charge in [0.05, 0.1) is 28.2 Å². The molecule has 1 atom stereocenters. The van der Waals surface area contributed by atoms with Crippen molar-refractivity contribution in [2.45, 2.75) is 54.7 Å². The molecule has 2 saturated carbocycles. The van der Waals surface area contributed by atoms with Gasteiger partial charge in [0.2, 0.25) is 5.88 Å². The van der Waals surface area contributed by atoms with Crippen molar-refractivity contribution in [1.29, 1.82) is 0 Å². The molecule has 2 fully saturated rings. The SMILES string of the molecule is COC[C@@](C)(N=[N+]=[N-])c1cc2cc(Cl)ncc2c(OC2CC(S(=O)(=O)C3CC3)C2)n1. The van der Waals surface area contributed by atoms with Crippen LogP contribution in [0.5, 0.6) is 5.88 Å². The Morgan fingerprint density at radius 2 is 2.07 bits per heavy atom. The second-order valence-corrected chi connectivity index (χ2v) is 11.0. The van der Waals surface area contributed by atoms with Gasteiger partial charge in [-0.2, -0.15) is 0 Å². The standard InChI is InChI=1S/C19H22ClN5O4S/c1-19(10-28-2,24-25-21)16-5-11-6-17(20)22-9-15(11)18(23-16)29-12-7-14(8-12)30(26,27)13-3-4-13/h5-6,9,12-14H,3-4,7-8,10H2,1-2H3/t12?,14?,19-/m1/s1. The summed E-state index contributed by atoms with van der Waals surface area (Å²) in [5.74, 6) is 0.314. The van der Waals surface area contributed by atoms with Gasteiger partial charge in [0.15, 0.2) is 9.84 Å². The molecule has 2 aliphatic rings. The fourth-order valence-corrected chi connectivity index (χ4v) is 6.17. The van der Waals surface area contributed by atoms with E-state index in [0.717, 1.165) is 18.2 Å². The highest BCUT2D eigenvalue weighted by atomic mass is 35.5. The monoisotopic (exact) mass is 451 g/mol. The maximum atomic E-state index is 12.4. The van der Waals surface area contributed by atoms with Crippen molar-refractivity contribution < 1.29 is 17.9 Å². The van der Waals surface area contributed by atoms with Crippen molar-refractivity contribution in [3.05, 3.63) is 39.6 Å². The van der Waals surface area contributed by atoms with Crippen LogP contribution < -0.4 is 4.74 Å². The molecular formula is C19H22ClN5O4S. The van der Waals surface area contributed by atoms with Gasteiger partial charge in [-0.25, -0.2) is 18.4 Å². The third-order valence-electron chi connectivity index (χ3n) is 5.67. The Morgan fingerprint density at radius 3 is 2.70 bits per heavy atom. The summed E-state index contributed by atoms with van der Waals surface area (Å²) in [6.07, 6.45) is 3.74. The topological polar surface area (TPSA) is 127 Å². The number of methoxy groups -OCH3 is 1. The molecule has 0 aromatic carbocycles. The summed E-state index contributed by atoms with van der Waals surface area (Å²) in [5, 5.41) is 5.05. The van der Waals surface area contributed by atoms with Gasteiger partial charge in [-0.05, 0) is 42.8 Å². The summed E-state index contributed by atoms with van der Waals surface area (Å²) in [5.41, 5.74) is 8.43. The molecule has 0 aliphatic heterocycles. The number of nitrogens with zero attached hydrogens (tertiary/aromatic N) is 5. The Hall–Kier alpha value is -2.13. The summed E-state index contributed by atoms with van der Waals surface area (Å²) in [7, 11) is -1.54. The zero-order valence-corrected chi connectivity index (χ0v) is 18.2. The van der Waals surface area contributed by atoms with Crippen molar-refractivity contribution in [3.8, 4) is 5.88 Å². The zero-order chi connectivity index (χ0) is 21.5. The van der Waals surface area contributed by atoms with Crippen LogP contribution >= 0.6 is 11.6 Å². The number of hydrogen-bond acceptors (Lipinski definition) is 7. The van der Waals surface area contributed by atoms with E-state index in [0.29, 0.717) is 35.0 Å². The summed E-state index contributed by atoms with van der Waals surface area (Å²) in [6, 6.07) is 3.45. The fraction of sp³-hybridized carbons (Fsp3) is 0.579. The molecule has 0 spiro atoms. The van der Waals surface area contributed by atoms with Gasteiger partial charge in [0.25, 0.3) is 0 Å². The van der Waals surface area contributed by atoms with E-state index in [1.165, 1.54) is 7.11 Å². The quantitative estimate of drug-likeness (QED) is 0.259. The second-order valence-electron chi connectivity index (χ2n) is 8.06. The smallest absolute Gasteiger partial charge is 0.223 e. The van der Waals surface area contributed by atoms with Crippen LogP contribution in [-0.2, 0) is 20.1 Å². The van der Waals surface area contributed by atoms with Gasteiger partial charge in [-0.1, -0.05) is 16.7 Å². The van der Waals surface area contributed by atoms with Crippen LogP contribution in [0.25, 0.3) is 21.2 Å². The molecule has 160 valence electrons. The fourth-order valence-electron chi connectivity index (χ4n) is 3.70. The van der Waals surface area contributed by atoms with Gasteiger partial charge >= 0.3 is 0 Å². The lowest BCUT2D eigenvalue weighted by atomic mass is 9.95. The molecular weight excluding hydrogens is 430 g/mol. The summed E-state index contributed by atoms with van der Waals surface area (Å²) in [6.45, 7) is 1.84. The van der Waals surface area contributed by atoms with E-state index >= 15 is 0 Å². The zero-order valence-electron chi connectivity index (χ0n) is 16.7. The largest absolute Gasteiger partial charge is 0.474 e. The maximum Gasteiger partial charge on any atom is 0.223 e. The minimum Gasteiger partial charge on any atom is -0.474 e. The minimum atomic E-state index is -3.05. The first kappa shape index (κ1) is 21.1. The number of azide groups is 1. The van der Waals surface area contributed by atoms with Crippen LogP contribution in [0.15, 0.2) is 23.4 Å². The Bertz CT molecular complexity index is 1130. The van der Waals surface area contributed by atoms with Gasteiger partial charge < -0.3 is 9.47 Å². The molecule has 0 unspecified atom stereocenters. The van der Waals surface area contributed by atoms with E-state index in [9.17, 15) is 8.42 Å². The number of sulfone groups is 1.